The summed E-state index contributed by atoms with van der Waals surface area (Å²) in [6, 6.07) is 14.8. The SMILES string of the molecule is COc1ccc(N(Cc2ccc(Cl)cc2)S(=O)(=O)c2ccc(F)c(Cl)c2)cc1OC. The smallest absolute Gasteiger partial charge is 0.264 e. The van der Waals surface area contributed by atoms with Gasteiger partial charge in [0.05, 0.1) is 36.4 Å². The molecule has 0 bridgehead atoms. The lowest BCUT2D eigenvalue weighted by Gasteiger charge is -2.25. The number of hydrogen-bond donors (Lipinski definition) is 0. The van der Waals surface area contributed by atoms with Gasteiger partial charge in [0.2, 0.25) is 0 Å². The molecular weight excluding hydrogens is 452 g/mol. The van der Waals surface area contributed by atoms with Crippen molar-refractivity contribution in [3.8, 4) is 11.5 Å². The van der Waals surface area contributed by atoms with Crippen LogP contribution in [0.3, 0.4) is 0 Å². The molecule has 0 amide bonds. The average molecular weight is 470 g/mol. The fourth-order valence-electron chi connectivity index (χ4n) is 2.82. The van der Waals surface area contributed by atoms with Crippen LogP contribution in [0.25, 0.3) is 0 Å². The molecule has 0 radical (unpaired) electrons. The molecule has 3 aromatic rings. The molecule has 0 aromatic heterocycles. The van der Waals surface area contributed by atoms with Crippen LogP contribution in [0.2, 0.25) is 10.0 Å². The van der Waals surface area contributed by atoms with E-state index in [0.717, 1.165) is 12.1 Å². The highest BCUT2D eigenvalue weighted by Gasteiger charge is 2.27. The van der Waals surface area contributed by atoms with E-state index < -0.39 is 15.8 Å². The first-order valence-electron chi connectivity index (χ1n) is 8.70. The van der Waals surface area contributed by atoms with Gasteiger partial charge in [0.25, 0.3) is 10.0 Å². The van der Waals surface area contributed by atoms with Crippen molar-refractivity contribution in [1.29, 1.82) is 0 Å². The molecule has 3 aromatic carbocycles. The van der Waals surface area contributed by atoms with E-state index in [0.29, 0.717) is 27.8 Å². The molecule has 0 aliphatic rings. The van der Waals surface area contributed by atoms with Gasteiger partial charge in [0, 0.05) is 11.1 Å². The zero-order valence-electron chi connectivity index (χ0n) is 16.1. The Hall–Kier alpha value is -2.48. The highest BCUT2D eigenvalue weighted by molar-refractivity contribution is 7.92. The summed E-state index contributed by atoms with van der Waals surface area (Å²) in [5.41, 5.74) is 1.04. The van der Waals surface area contributed by atoms with Gasteiger partial charge in [-0.1, -0.05) is 35.3 Å². The Bertz CT molecular complexity index is 1150. The minimum absolute atomic E-state index is 0.00395. The molecule has 158 valence electrons. The Morgan fingerprint density at radius 2 is 1.57 bits per heavy atom. The van der Waals surface area contributed by atoms with E-state index in [1.807, 2.05) is 0 Å². The summed E-state index contributed by atoms with van der Waals surface area (Å²) in [4.78, 5) is -0.141. The molecule has 0 unspecified atom stereocenters. The first-order chi connectivity index (χ1) is 14.3. The van der Waals surface area contributed by atoms with E-state index in [4.69, 9.17) is 32.7 Å². The number of methoxy groups -OCH3 is 2. The number of sulfonamides is 1. The van der Waals surface area contributed by atoms with Crippen LogP contribution in [0.15, 0.2) is 65.6 Å². The van der Waals surface area contributed by atoms with E-state index in [1.165, 1.54) is 24.6 Å². The van der Waals surface area contributed by atoms with Gasteiger partial charge in [-0.05, 0) is 48.0 Å². The minimum atomic E-state index is -4.09. The van der Waals surface area contributed by atoms with Gasteiger partial charge in [-0.2, -0.15) is 0 Å². The molecule has 0 fully saturated rings. The van der Waals surface area contributed by atoms with E-state index in [1.54, 1.807) is 42.5 Å². The fourth-order valence-corrected chi connectivity index (χ4v) is 4.66. The van der Waals surface area contributed by atoms with Crippen molar-refractivity contribution in [3.05, 3.63) is 82.1 Å². The molecule has 0 aliphatic carbocycles. The van der Waals surface area contributed by atoms with Gasteiger partial charge in [0.1, 0.15) is 5.82 Å². The zero-order valence-corrected chi connectivity index (χ0v) is 18.4. The van der Waals surface area contributed by atoms with Gasteiger partial charge < -0.3 is 9.47 Å². The second kappa shape index (κ2) is 9.12. The van der Waals surface area contributed by atoms with Crippen molar-refractivity contribution in [2.24, 2.45) is 0 Å². The second-order valence-corrected chi connectivity index (χ2v) is 8.96. The highest BCUT2D eigenvalue weighted by atomic mass is 35.5. The summed E-state index contributed by atoms with van der Waals surface area (Å²) >= 11 is 11.8. The average Bonchev–Trinajstić information content (AvgIpc) is 2.74. The molecule has 5 nitrogen and oxygen atoms in total. The minimum Gasteiger partial charge on any atom is -0.493 e. The number of rotatable bonds is 7. The third-order valence-corrected chi connectivity index (χ3v) is 6.69. The third kappa shape index (κ3) is 4.64. The first-order valence-corrected chi connectivity index (χ1v) is 10.9. The van der Waals surface area contributed by atoms with Crippen molar-refractivity contribution < 1.29 is 22.3 Å². The summed E-state index contributed by atoms with van der Waals surface area (Å²) < 4.78 is 52.3. The van der Waals surface area contributed by atoms with E-state index >= 15 is 0 Å². The van der Waals surface area contributed by atoms with Crippen LogP contribution < -0.4 is 13.8 Å². The Morgan fingerprint density at radius 3 is 2.17 bits per heavy atom. The molecule has 0 N–H and O–H groups in total. The van der Waals surface area contributed by atoms with Crippen LogP contribution in [0.1, 0.15) is 5.56 Å². The monoisotopic (exact) mass is 469 g/mol. The van der Waals surface area contributed by atoms with Gasteiger partial charge in [-0.3, -0.25) is 4.31 Å². The molecule has 3 rings (SSSR count). The largest absolute Gasteiger partial charge is 0.493 e. The van der Waals surface area contributed by atoms with Gasteiger partial charge in [-0.15, -0.1) is 0 Å². The van der Waals surface area contributed by atoms with E-state index in [-0.39, 0.29) is 16.5 Å². The lowest BCUT2D eigenvalue weighted by molar-refractivity contribution is 0.355. The maximum atomic E-state index is 13.6. The Morgan fingerprint density at radius 1 is 0.900 bits per heavy atom. The van der Waals surface area contributed by atoms with Crippen LogP contribution in [0, 0.1) is 5.82 Å². The zero-order chi connectivity index (χ0) is 21.9. The molecular formula is C21H18Cl2FNO4S. The van der Waals surface area contributed by atoms with Crippen molar-refractivity contribution >= 4 is 38.9 Å². The van der Waals surface area contributed by atoms with Crippen molar-refractivity contribution in [1.82, 2.24) is 0 Å². The normalized spacial score (nSPS) is 11.2. The number of ether oxygens (including phenoxy) is 2. The number of anilines is 1. The predicted octanol–water partition coefficient (Wildman–Crippen LogP) is 5.55. The summed E-state index contributed by atoms with van der Waals surface area (Å²) in [6.45, 7) is 0.00395. The Kier molecular flexibility index (Phi) is 6.75. The summed E-state index contributed by atoms with van der Waals surface area (Å²) in [5.74, 6) is 0.115. The van der Waals surface area contributed by atoms with Gasteiger partial charge >= 0.3 is 0 Å². The second-order valence-electron chi connectivity index (χ2n) is 6.25. The lowest BCUT2D eigenvalue weighted by atomic mass is 10.2. The molecule has 30 heavy (non-hydrogen) atoms. The van der Waals surface area contributed by atoms with Crippen LogP contribution >= 0.6 is 23.2 Å². The maximum Gasteiger partial charge on any atom is 0.264 e. The van der Waals surface area contributed by atoms with Crippen LogP contribution in [0.4, 0.5) is 10.1 Å². The van der Waals surface area contributed by atoms with Crippen molar-refractivity contribution in [3.63, 3.8) is 0 Å². The first kappa shape index (κ1) is 22.2. The Balaban J connectivity index is 2.13. The standard InChI is InChI=1S/C21H18Cl2FNO4S/c1-28-20-10-7-16(11-21(20)29-2)25(13-14-3-5-15(22)6-4-14)30(26,27)17-8-9-19(24)18(23)12-17/h3-12H,13H2,1-2H3. The fraction of sp³-hybridized carbons (Fsp3) is 0.143. The van der Waals surface area contributed by atoms with Gasteiger partial charge in [0.15, 0.2) is 11.5 Å². The number of halogens is 3. The summed E-state index contributed by atoms with van der Waals surface area (Å²) in [7, 11) is -1.15. The molecule has 0 saturated heterocycles. The molecule has 0 heterocycles. The van der Waals surface area contributed by atoms with Crippen LogP contribution in [-0.4, -0.2) is 22.6 Å². The van der Waals surface area contributed by atoms with Gasteiger partial charge in [-0.25, -0.2) is 12.8 Å². The molecule has 0 aliphatic heterocycles. The van der Waals surface area contributed by atoms with Crippen molar-refractivity contribution in [2.75, 3.05) is 18.5 Å². The maximum absolute atomic E-state index is 13.6. The predicted molar refractivity (Wildman–Crippen MR) is 116 cm³/mol. The third-order valence-electron chi connectivity index (χ3n) is 4.37. The highest BCUT2D eigenvalue weighted by Crippen LogP contribution is 2.35. The lowest BCUT2D eigenvalue weighted by Crippen LogP contribution is -2.30. The van der Waals surface area contributed by atoms with Crippen LogP contribution in [-0.2, 0) is 16.6 Å². The quantitative estimate of drug-likeness (QED) is 0.455. The number of nitrogens with zero attached hydrogens (tertiary/aromatic N) is 1. The summed E-state index contributed by atoms with van der Waals surface area (Å²) in [5, 5.41) is 0.249. The molecule has 0 spiro atoms. The molecule has 0 atom stereocenters. The summed E-state index contributed by atoms with van der Waals surface area (Å²) in [6.07, 6.45) is 0. The van der Waals surface area contributed by atoms with Crippen LogP contribution in [0.5, 0.6) is 11.5 Å². The van der Waals surface area contributed by atoms with Crippen molar-refractivity contribution in [2.45, 2.75) is 11.4 Å². The van der Waals surface area contributed by atoms with E-state index in [2.05, 4.69) is 0 Å². The number of hydrogen-bond acceptors (Lipinski definition) is 4. The molecule has 9 heteroatoms. The number of benzene rings is 3. The van der Waals surface area contributed by atoms with E-state index in [9.17, 15) is 12.8 Å². The Labute approximate surface area is 184 Å². The molecule has 0 saturated carbocycles. The topological polar surface area (TPSA) is 55.8 Å².